The Kier molecular flexibility index (Phi) is 6.46. The van der Waals surface area contributed by atoms with Crippen molar-refractivity contribution in [3.8, 4) is 0 Å². The molecule has 2 aliphatic heterocycles. The van der Waals surface area contributed by atoms with Crippen molar-refractivity contribution >= 4 is 51.7 Å². The van der Waals surface area contributed by atoms with Gasteiger partial charge in [0.15, 0.2) is 16.5 Å². The number of anilines is 1. The summed E-state index contributed by atoms with van der Waals surface area (Å²) in [6, 6.07) is 2.58. The summed E-state index contributed by atoms with van der Waals surface area (Å²) in [5, 5.41) is 17.2. The molecule has 0 aromatic carbocycles. The van der Waals surface area contributed by atoms with Crippen LogP contribution in [0.2, 0.25) is 0 Å². The van der Waals surface area contributed by atoms with Crippen molar-refractivity contribution in [1.82, 2.24) is 20.2 Å². The number of nitrogens with zero attached hydrogens (tertiary/aromatic N) is 4. The molecule has 12 nitrogen and oxygen atoms in total. The first-order valence-electron chi connectivity index (χ1n) is 9.47. The Bertz CT molecular complexity index is 1150. The van der Waals surface area contributed by atoms with E-state index in [-0.39, 0.29) is 40.4 Å². The second-order valence-electron chi connectivity index (χ2n) is 6.78. The Balaban J connectivity index is 1.49. The Morgan fingerprint density at radius 1 is 1.45 bits per heavy atom. The number of pyridine rings is 1. The zero-order valence-electron chi connectivity index (χ0n) is 17.1. The first-order valence-corrected chi connectivity index (χ1v) is 11.4. The number of nitrogens with two attached hydrogens (primary N) is 1. The molecule has 0 bridgehead atoms. The van der Waals surface area contributed by atoms with Crippen LogP contribution in [0.25, 0.3) is 0 Å². The quantitative estimate of drug-likeness (QED) is 0.267. The molecule has 14 heteroatoms. The molecule has 4 rings (SSSR count). The minimum atomic E-state index is -1.29. The fourth-order valence-electron chi connectivity index (χ4n) is 3.26. The van der Waals surface area contributed by atoms with E-state index in [1.165, 1.54) is 24.3 Å². The van der Waals surface area contributed by atoms with Gasteiger partial charge in [0.1, 0.15) is 36.6 Å². The van der Waals surface area contributed by atoms with Crippen LogP contribution in [0.3, 0.4) is 0 Å². The Morgan fingerprint density at radius 3 is 2.91 bits per heavy atom. The standard InChI is InChI=1S/C19H18N6O6S2/c1-30-24-12(10-7-33-19(20)22-10)15(26)23-13-16(27)25-14(18(28)29)11(8-32-17(13)25)31-6-9-3-2-4-21-5-9/h2-5,7,13,17H,6,8H2,1H3,(H2,20,22)(H,23,26)(H,28,29)/t13-,17+/m1/s1. The van der Waals surface area contributed by atoms with Crippen LogP contribution in [-0.4, -0.2) is 67.7 Å². The van der Waals surface area contributed by atoms with Crippen LogP contribution in [0.5, 0.6) is 0 Å². The molecule has 2 aliphatic rings. The molecule has 1 fully saturated rings. The number of aliphatic carboxylic acids is 1. The number of fused-ring (bicyclic) bond motifs is 1. The lowest BCUT2D eigenvalue weighted by Gasteiger charge is -2.48. The van der Waals surface area contributed by atoms with E-state index >= 15 is 0 Å². The lowest BCUT2D eigenvalue weighted by Crippen LogP contribution is -2.71. The summed E-state index contributed by atoms with van der Waals surface area (Å²) in [7, 11) is 1.27. The number of aromatic nitrogens is 2. The second kappa shape index (κ2) is 9.46. The number of rotatable bonds is 8. The molecular weight excluding hydrogens is 472 g/mol. The third-order valence-electron chi connectivity index (χ3n) is 4.72. The molecule has 33 heavy (non-hydrogen) atoms. The maximum absolute atomic E-state index is 12.8. The highest BCUT2D eigenvalue weighted by molar-refractivity contribution is 8.00. The van der Waals surface area contributed by atoms with E-state index in [9.17, 15) is 19.5 Å². The molecule has 0 aliphatic carbocycles. The molecule has 0 radical (unpaired) electrons. The molecule has 2 aromatic rings. The van der Waals surface area contributed by atoms with Gasteiger partial charge in [0.25, 0.3) is 11.8 Å². The van der Waals surface area contributed by atoms with Crippen LogP contribution in [-0.2, 0) is 30.6 Å². The number of hydrogen-bond donors (Lipinski definition) is 3. The van der Waals surface area contributed by atoms with Gasteiger partial charge in [-0.05, 0) is 6.07 Å². The number of carboxylic acids is 1. The number of thiazole rings is 1. The van der Waals surface area contributed by atoms with Crippen LogP contribution < -0.4 is 11.1 Å². The average molecular weight is 491 g/mol. The normalized spacial score (nSPS) is 20.1. The Labute approximate surface area is 195 Å². The number of carboxylic acid groups (broad SMARTS) is 1. The van der Waals surface area contributed by atoms with Gasteiger partial charge in [0, 0.05) is 23.3 Å². The van der Waals surface area contributed by atoms with Gasteiger partial charge in [0.05, 0.1) is 5.75 Å². The maximum atomic E-state index is 12.8. The van der Waals surface area contributed by atoms with E-state index < -0.39 is 29.2 Å². The van der Waals surface area contributed by atoms with Gasteiger partial charge >= 0.3 is 5.97 Å². The number of oxime groups is 1. The number of nitrogens with one attached hydrogen (secondary N) is 1. The van der Waals surface area contributed by atoms with Crippen molar-refractivity contribution in [3.63, 3.8) is 0 Å². The molecule has 172 valence electrons. The number of nitrogen functional groups attached to an aromatic ring is 1. The fourth-order valence-corrected chi connectivity index (χ4v) is 5.08. The summed E-state index contributed by atoms with van der Waals surface area (Å²) in [5.74, 6) is -2.18. The number of carbonyl (C=O) groups is 3. The van der Waals surface area contributed by atoms with Gasteiger partial charge in [0.2, 0.25) is 0 Å². The Morgan fingerprint density at radius 2 is 2.27 bits per heavy atom. The SMILES string of the molecule is CON=C(C(=O)N[C@@H]1C(=O)N2C(C(=O)O)=C(OCc3cccnc3)CS[C@@H]12)c1csc(N)n1. The van der Waals surface area contributed by atoms with Gasteiger partial charge in [-0.2, -0.15) is 0 Å². The predicted octanol–water partition coefficient (Wildman–Crippen LogP) is 0.384. The number of hydrogen-bond acceptors (Lipinski definition) is 11. The predicted molar refractivity (Wildman–Crippen MR) is 119 cm³/mol. The summed E-state index contributed by atoms with van der Waals surface area (Å²) >= 11 is 2.40. The molecule has 0 spiro atoms. The van der Waals surface area contributed by atoms with Gasteiger partial charge in [-0.3, -0.25) is 19.5 Å². The van der Waals surface area contributed by atoms with Crippen molar-refractivity contribution in [2.75, 3.05) is 18.6 Å². The summed E-state index contributed by atoms with van der Waals surface area (Å²) in [4.78, 5) is 51.4. The molecule has 0 unspecified atom stereocenters. The number of amides is 2. The molecule has 2 atom stereocenters. The highest BCUT2D eigenvalue weighted by Gasteiger charge is 2.55. The largest absolute Gasteiger partial charge is 0.490 e. The summed E-state index contributed by atoms with van der Waals surface area (Å²) in [6.45, 7) is 0.112. The van der Waals surface area contributed by atoms with Crippen molar-refractivity contribution in [2.24, 2.45) is 5.16 Å². The molecule has 2 amide bonds. The summed E-state index contributed by atoms with van der Waals surface area (Å²) in [6.07, 6.45) is 3.22. The maximum Gasteiger partial charge on any atom is 0.356 e. The number of β-lactam (4-membered cyclic amide) rings is 1. The minimum absolute atomic E-state index is 0.112. The van der Waals surface area contributed by atoms with Gasteiger partial charge in [-0.25, -0.2) is 9.78 Å². The topological polar surface area (TPSA) is 169 Å². The van der Waals surface area contributed by atoms with Crippen molar-refractivity contribution in [3.05, 3.63) is 52.6 Å². The third-order valence-corrected chi connectivity index (χ3v) is 6.65. The minimum Gasteiger partial charge on any atom is -0.490 e. The Hall–Kier alpha value is -3.65. The first-order chi connectivity index (χ1) is 15.9. The fraction of sp³-hybridized carbons (Fsp3) is 0.263. The average Bonchev–Trinajstić information content (AvgIpc) is 3.25. The molecular formula is C19H18N6O6S2. The highest BCUT2D eigenvalue weighted by Crippen LogP contribution is 2.40. The number of thioether (sulfide) groups is 1. The van der Waals surface area contributed by atoms with Gasteiger partial charge in [-0.1, -0.05) is 11.2 Å². The van der Waals surface area contributed by atoms with Crippen molar-refractivity contribution in [1.29, 1.82) is 0 Å². The monoisotopic (exact) mass is 490 g/mol. The van der Waals surface area contributed by atoms with Crippen LogP contribution in [0.4, 0.5) is 5.13 Å². The first kappa shape index (κ1) is 22.5. The van der Waals surface area contributed by atoms with Crippen LogP contribution in [0, 0.1) is 0 Å². The van der Waals surface area contributed by atoms with E-state index in [1.54, 1.807) is 24.5 Å². The van der Waals surface area contributed by atoms with Gasteiger partial charge < -0.3 is 25.7 Å². The number of carbonyl (C=O) groups excluding carboxylic acids is 2. The van der Waals surface area contributed by atoms with Gasteiger partial charge in [-0.15, -0.1) is 23.1 Å². The number of ether oxygens (including phenoxy) is 1. The van der Waals surface area contributed by atoms with E-state index in [4.69, 9.17) is 15.3 Å². The zero-order valence-corrected chi connectivity index (χ0v) is 18.8. The van der Waals surface area contributed by atoms with E-state index in [0.717, 1.165) is 21.8 Å². The third kappa shape index (κ3) is 4.47. The molecule has 1 saturated heterocycles. The lowest BCUT2D eigenvalue weighted by atomic mass is 10.0. The van der Waals surface area contributed by atoms with E-state index in [0.29, 0.717) is 0 Å². The summed E-state index contributed by atoms with van der Waals surface area (Å²) < 4.78 is 5.69. The zero-order chi connectivity index (χ0) is 23.5. The molecule has 4 heterocycles. The van der Waals surface area contributed by atoms with Crippen molar-refractivity contribution < 1.29 is 29.1 Å². The van der Waals surface area contributed by atoms with E-state index in [2.05, 4.69) is 20.4 Å². The van der Waals surface area contributed by atoms with Crippen molar-refractivity contribution in [2.45, 2.75) is 18.0 Å². The van der Waals surface area contributed by atoms with E-state index in [1.807, 2.05) is 0 Å². The molecule has 2 aromatic heterocycles. The lowest BCUT2D eigenvalue weighted by molar-refractivity contribution is -0.150. The second-order valence-corrected chi connectivity index (χ2v) is 8.78. The summed E-state index contributed by atoms with van der Waals surface area (Å²) in [5.41, 5.74) is 6.19. The van der Waals surface area contributed by atoms with Crippen LogP contribution >= 0.6 is 23.1 Å². The van der Waals surface area contributed by atoms with Crippen LogP contribution in [0.1, 0.15) is 11.3 Å². The molecule has 0 saturated carbocycles. The molecule has 4 N–H and O–H groups in total. The van der Waals surface area contributed by atoms with Crippen LogP contribution in [0.15, 0.2) is 46.5 Å². The highest BCUT2D eigenvalue weighted by atomic mass is 32.2. The smallest absolute Gasteiger partial charge is 0.356 e.